The summed E-state index contributed by atoms with van der Waals surface area (Å²) in [6, 6.07) is 0. The van der Waals surface area contributed by atoms with Gasteiger partial charge in [0.25, 0.3) is 0 Å². The number of rotatable bonds is 8. The standard InChI is InChI=1S/C11H21N/c1-2-3-4-5-6-9-12-10-11-7-8-11/h2,11-12H,1,3-10H2. The molecule has 0 aromatic heterocycles. The molecule has 0 amide bonds. The first-order valence-corrected chi connectivity index (χ1v) is 5.25. The minimum absolute atomic E-state index is 1.03. The second kappa shape index (κ2) is 6.24. The Labute approximate surface area is 76.2 Å². The average Bonchev–Trinajstić information content (AvgIpc) is 2.87. The lowest BCUT2D eigenvalue weighted by Gasteiger charge is -2.01. The molecular weight excluding hydrogens is 146 g/mol. The highest BCUT2D eigenvalue weighted by molar-refractivity contribution is 4.75. The highest BCUT2D eigenvalue weighted by atomic mass is 14.9. The van der Waals surface area contributed by atoms with E-state index in [0.29, 0.717) is 0 Å². The van der Waals surface area contributed by atoms with Gasteiger partial charge < -0.3 is 5.32 Å². The van der Waals surface area contributed by atoms with Gasteiger partial charge in [0.05, 0.1) is 0 Å². The third kappa shape index (κ3) is 5.36. The predicted molar refractivity (Wildman–Crippen MR) is 54.3 cm³/mol. The van der Waals surface area contributed by atoms with Crippen LogP contribution in [0.2, 0.25) is 0 Å². The van der Waals surface area contributed by atoms with Gasteiger partial charge in [0, 0.05) is 0 Å². The molecule has 1 N–H and O–H groups in total. The van der Waals surface area contributed by atoms with Gasteiger partial charge in [-0.2, -0.15) is 0 Å². The van der Waals surface area contributed by atoms with Crippen molar-refractivity contribution < 1.29 is 0 Å². The minimum Gasteiger partial charge on any atom is -0.316 e. The van der Waals surface area contributed by atoms with Gasteiger partial charge in [0.2, 0.25) is 0 Å². The van der Waals surface area contributed by atoms with E-state index in [1.165, 1.54) is 51.6 Å². The van der Waals surface area contributed by atoms with Crippen molar-refractivity contribution in [2.75, 3.05) is 13.1 Å². The molecule has 1 nitrogen and oxygen atoms in total. The first-order valence-electron chi connectivity index (χ1n) is 5.25. The van der Waals surface area contributed by atoms with Gasteiger partial charge >= 0.3 is 0 Å². The Morgan fingerprint density at radius 1 is 1.25 bits per heavy atom. The highest BCUT2D eigenvalue weighted by Crippen LogP contribution is 2.27. The predicted octanol–water partition coefficient (Wildman–Crippen LogP) is 2.73. The van der Waals surface area contributed by atoms with E-state index < -0.39 is 0 Å². The lowest BCUT2D eigenvalue weighted by atomic mass is 10.2. The van der Waals surface area contributed by atoms with Gasteiger partial charge in [-0.1, -0.05) is 12.5 Å². The molecule has 12 heavy (non-hydrogen) atoms. The highest BCUT2D eigenvalue weighted by Gasteiger charge is 2.19. The number of hydrogen-bond acceptors (Lipinski definition) is 1. The zero-order valence-corrected chi connectivity index (χ0v) is 8.02. The summed E-state index contributed by atoms with van der Waals surface area (Å²) in [5.74, 6) is 1.03. The first kappa shape index (κ1) is 9.79. The molecule has 0 heterocycles. The van der Waals surface area contributed by atoms with Crippen LogP contribution in [0, 0.1) is 5.92 Å². The van der Waals surface area contributed by atoms with E-state index in [0.717, 1.165) is 5.92 Å². The Kier molecular flexibility index (Phi) is 5.09. The molecule has 1 heteroatoms. The third-order valence-corrected chi connectivity index (χ3v) is 2.39. The van der Waals surface area contributed by atoms with Gasteiger partial charge in [-0.15, -0.1) is 6.58 Å². The van der Waals surface area contributed by atoms with Crippen LogP contribution in [0.25, 0.3) is 0 Å². The van der Waals surface area contributed by atoms with Gasteiger partial charge in [0.1, 0.15) is 0 Å². The molecule has 1 aliphatic rings. The second-order valence-corrected chi connectivity index (χ2v) is 3.79. The number of allylic oxidation sites excluding steroid dienone is 1. The average molecular weight is 167 g/mol. The summed E-state index contributed by atoms with van der Waals surface area (Å²) in [6.45, 7) is 6.19. The summed E-state index contributed by atoms with van der Waals surface area (Å²) in [5, 5.41) is 3.50. The molecule has 1 aliphatic carbocycles. The molecule has 0 aliphatic heterocycles. The van der Waals surface area contributed by atoms with Crippen molar-refractivity contribution in [3.05, 3.63) is 12.7 Å². The van der Waals surface area contributed by atoms with Crippen LogP contribution in [0.1, 0.15) is 38.5 Å². The summed E-state index contributed by atoms with van der Waals surface area (Å²) in [4.78, 5) is 0. The maximum absolute atomic E-state index is 3.71. The van der Waals surface area contributed by atoms with E-state index in [4.69, 9.17) is 0 Å². The summed E-state index contributed by atoms with van der Waals surface area (Å²) < 4.78 is 0. The Balaban J connectivity index is 1.67. The molecule has 0 atom stereocenters. The van der Waals surface area contributed by atoms with Crippen LogP contribution >= 0.6 is 0 Å². The van der Waals surface area contributed by atoms with Crippen LogP contribution in [0.5, 0.6) is 0 Å². The number of unbranched alkanes of at least 4 members (excludes halogenated alkanes) is 3. The summed E-state index contributed by atoms with van der Waals surface area (Å²) >= 11 is 0. The Hall–Kier alpha value is -0.300. The molecule has 0 spiro atoms. The van der Waals surface area contributed by atoms with Gasteiger partial charge in [0.15, 0.2) is 0 Å². The van der Waals surface area contributed by atoms with E-state index in [-0.39, 0.29) is 0 Å². The van der Waals surface area contributed by atoms with Crippen molar-refractivity contribution in [2.45, 2.75) is 38.5 Å². The van der Waals surface area contributed by atoms with Crippen LogP contribution < -0.4 is 5.32 Å². The van der Waals surface area contributed by atoms with Gasteiger partial charge in [-0.25, -0.2) is 0 Å². The van der Waals surface area contributed by atoms with E-state index >= 15 is 0 Å². The molecule has 0 bridgehead atoms. The quantitative estimate of drug-likeness (QED) is 0.433. The van der Waals surface area contributed by atoms with Crippen molar-refractivity contribution in [2.24, 2.45) is 5.92 Å². The van der Waals surface area contributed by atoms with Gasteiger partial charge in [-0.3, -0.25) is 0 Å². The lowest BCUT2D eigenvalue weighted by Crippen LogP contribution is -2.17. The van der Waals surface area contributed by atoms with E-state index in [9.17, 15) is 0 Å². The van der Waals surface area contributed by atoms with Crippen LogP contribution in [0.3, 0.4) is 0 Å². The van der Waals surface area contributed by atoms with Crippen LogP contribution in [0.4, 0.5) is 0 Å². The molecular formula is C11H21N. The Bertz CT molecular complexity index is 116. The number of nitrogens with one attached hydrogen (secondary N) is 1. The van der Waals surface area contributed by atoms with Gasteiger partial charge in [-0.05, 0) is 51.1 Å². The third-order valence-electron chi connectivity index (χ3n) is 2.39. The van der Waals surface area contributed by atoms with Crippen molar-refractivity contribution in [3.8, 4) is 0 Å². The van der Waals surface area contributed by atoms with E-state index in [1.54, 1.807) is 0 Å². The molecule has 1 saturated carbocycles. The van der Waals surface area contributed by atoms with E-state index in [1.807, 2.05) is 6.08 Å². The fourth-order valence-corrected chi connectivity index (χ4v) is 1.34. The van der Waals surface area contributed by atoms with Crippen molar-refractivity contribution >= 4 is 0 Å². The van der Waals surface area contributed by atoms with Crippen molar-refractivity contribution in [1.82, 2.24) is 5.32 Å². The molecule has 0 saturated heterocycles. The molecule has 0 radical (unpaired) electrons. The summed E-state index contributed by atoms with van der Waals surface area (Å²) in [7, 11) is 0. The minimum atomic E-state index is 1.03. The molecule has 1 fully saturated rings. The summed E-state index contributed by atoms with van der Waals surface area (Å²) in [5.41, 5.74) is 0. The zero-order valence-electron chi connectivity index (χ0n) is 8.02. The lowest BCUT2D eigenvalue weighted by molar-refractivity contribution is 0.584. The second-order valence-electron chi connectivity index (χ2n) is 3.79. The van der Waals surface area contributed by atoms with E-state index in [2.05, 4.69) is 11.9 Å². The number of hydrogen-bond donors (Lipinski definition) is 1. The molecule has 0 aromatic rings. The maximum atomic E-state index is 3.71. The smallest absolute Gasteiger partial charge is 0.00205 e. The SMILES string of the molecule is C=CCCCCCNCC1CC1. The Morgan fingerprint density at radius 3 is 2.75 bits per heavy atom. The fourth-order valence-electron chi connectivity index (χ4n) is 1.34. The summed E-state index contributed by atoms with van der Waals surface area (Å²) in [6.07, 6.45) is 10.1. The molecule has 0 unspecified atom stereocenters. The van der Waals surface area contributed by atoms with Crippen molar-refractivity contribution in [1.29, 1.82) is 0 Å². The van der Waals surface area contributed by atoms with Crippen LogP contribution in [0.15, 0.2) is 12.7 Å². The largest absolute Gasteiger partial charge is 0.316 e. The molecule has 1 rings (SSSR count). The topological polar surface area (TPSA) is 12.0 Å². The molecule has 0 aromatic carbocycles. The van der Waals surface area contributed by atoms with Crippen LogP contribution in [-0.2, 0) is 0 Å². The molecule has 70 valence electrons. The van der Waals surface area contributed by atoms with Crippen LogP contribution in [-0.4, -0.2) is 13.1 Å². The van der Waals surface area contributed by atoms with Crippen molar-refractivity contribution in [3.63, 3.8) is 0 Å². The zero-order chi connectivity index (χ0) is 8.65. The first-order chi connectivity index (χ1) is 5.93. The Morgan fingerprint density at radius 2 is 2.08 bits per heavy atom. The fraction of sp³-hybridized carbons (Fsp3) is 0.818. The monoisotopic (exact) mass is 167 g/mol. The normalized spacial score (nSPS) is 16.3. The maximum Gasteiger partial charge on any atom is -0.00205 e.